The summed E-state index contributed by atoms with van der Waals surface area (Å²) in [5.41, 5.74) is 2.14. The molecule has 4 heteroatoms. The van der Waals surface area contributed by atoms with Crippen LogP contribution >= 0.6 is 0 Å². The van der Waals surface area contributed by atoms with Crippen molar-refractivity contribution in [3.63, 3.8) is 0 Å². The summed E-state index contributed by atoms with van der Waals surface area (Å²) in [6, 6.07) is 0. The van der Waals surface area contributed by atoms with E-state index in [0.717, 1.165) is 24.1 Å². The molecule has 0 saturated heterocycles. The van der Waals surface area contributed by atoms with Crippen molar-refractivity contribution in [3.05, 3.63) is 17.0 Å². The number of aromatic amines is 1. The van der Waals surface area contributed by atoms with Crippen molar-refractivity contribution >= 4 is 5.97 Å². The molecular formula is C10H14N2O2. The van der Waals surface area contributed by atoms with E-state index in [-0.39, 0.29) is 5.69 Å². The van der Waals surface area contributed by atoms with E-state index in [0.29, 0.717) is 11.8 Å². The van der Waals surface area contributed by atoms with Gasteiger partial charge in [-0.05, 0) is 24.7 Å². The van der Waals surface area contributed by atoms with E-state index in [1.54, 1.807) is 0 Å². The summed E-state index contributed by atoms with van der Waals surface area (Å²) >= 11 is 0. The molecule has 2 rings (SSSR count). The number of H-pyrrole nitrogens is 1. The number of rotatable bonds is 2. The van der Waals surface area contributed by atoms with Crippen LogP contribution in [0.4, 0.5) is 0 Å². The zero-order valence-corrected chi connectivity index (χ0v) is 8.37. The maximum atomic E-state index is 10.8. The van der Waals surface area contributed by atoms with Crippen molar-refractivity contribution in [1.82, 2.24) is 10.2 Å². The lowest BCUT2D eigenvalue weighted by molar-refractivity contribution is 0.0689. The normalized spacial score (nSPS) is 20.1. The van der Waals surface area contributed by atoms with Crippen molar-refractivity contribution in [2.75, 3.05) is 0 Å². The van der Waals surface area contributed by atoms with Crippen molar-refractivity contribution in [1.29, 1.82) is 0 Å². The molecule has 1 aliphatic carbocycles. The molecule has 4 nitrogen and oxygen atoms in total. The zero-order chi connectivity index (χ0) is 10.3. The lowest BCUT2D eigenvalue weighted by atomic mass is 9.93. The second kappa shape index (κ2) is 3.12. The van der Waals surface area contributed by atoms with Crippen LogP contribution in [0.15, 0.2) is 0 Å². The molecule has 0 fully saturated rings. The zero-order valence-electron chi connectivity index (χ0n) is 8.37. The van der Waals surface area contributed by atoms with Gasteiger partial charge in [0.15, 0.2) is 5.69 Å². The molecule has 14 heavy (non-hydrogen) atoms. The third kappa shape index (κ3) is 1.31. The Bertz CT molecular complexity index is 368. The Balaban J connectivity index is 2.28. The van der Waals surface area contributed by atoms with Gasteiger partial charge < -0.3 is 5.11 Å². The van der Waals surface area contributed by atoms with E-state index >= 15 is 0 Å². The molecule has 1 aromatic rings. The predicted molar refractivity (Wildman–Crippen MR) is 51.3 cm³/mol. The molecule has 1 aliphatic rings. The summed E-state index contributed by atoms with van der Waals surface area (Å²) in [5.74, 6) is 0.238. The molecule has 0 bridgehead atoms. The van der Waals surface area contributed by atoms with Crippen LogP contribution in [0.1, 0.15) is 35.6 Å². The molecular weight excluding hydrogens is 180 g/mol. The van der Waals surface area contributed by atoms with Crippen LogP contribution in [-0.2, 0) is 12.8 Å². The van der Waals surface area contributed by atoms with Crippen LogP contribution < -0.4 is 0 Å². The first-order chi connectivity index (χ1) is 6.59. The lowest BCUT2D eigenvalue weighted by Gasteiger charge is -2.12. The molecule has 0 spiro atoms. The van der Waals surface area contributed by atoms with Crippen molar-refractivity contribution in [3.8, 4) is 0 Å². The second-order valence-corrected chi connectivity index (χ2v) is 4.25. The minimum Gasteiger partial charge on any atom is -0.476 e. The van der Waals surface area contributed by atoms with Gasteiger partial charge in [-0.15, -0.1) is 0 Å². The molecule has 0 aliphatic heterocycles. The first-order valence-corrected chi connectivity index (χ1v) is 4.89. The Morgan fingerprint density at radius 3 is 2.86 bits per heavy atom. The quantitative estimate of drug-likeness (QED) is 0.749. The molecule has 1 atom stereocenters. The minimum absolute atomic E-state index is 0.211. The van der Waals surface area contributed by atoms with Crippen LogP contribution in [0, 0.1) is 11.8 Å². The number of nitrogens with one attached hydrogen (secondary N) is 1. The number of carboxylic acid groups (broad SMARTS) is 1. The van der Waals surface area contributed by atoms with Gasteiger partial charge in [0.05, 0.1) is 0 Å². The molecule has 0 radical (unpaired) electrons. The van der Waals surface area contributed by atoms with Gasteiger partial charge in [0.25, 0.3) is 0 Å². The van der Waals surface area contributed by atoms with Crippen LogP contribution in [0.2, 0.25) is 0 Å². The minimum atomic E-state index is -0.924. The number of hydrogen-bond donors (Lipinski definition) is 2. The number of aromatic carboxylic acids is 1. The molecule has 1 aromatic heterocycles. The average molecular weight is 194 g/mol. The molecule has 0 aromatic carbocycles. The Morgan fingerprint density at radius 1 is 1.57 bits per heavy atom. The largest absolute Gasteiger partial charge is 0.476 e. The SMILES string of the molecule is CC(C)C1Cc2[nH]nc(C(=O)O)c2C1. The van der Waals surface area contributed by atoms with Crippen LogP contribution in [-0.4, -0.2) is 21.3 Å². The van der Waals surface area contributed by atoms with Crippen molar-refractivity contribution < 1.29 is 9.90 Å². The Kier molecular flexibility index (Phi) is 2.06. The van der Waals surface area contributed by atoms with E-state index in [4.69, 9.17) is 5.11 Å². The van der Waals surface area contributed by atoms with Gasteiger partial charge in [0, 0.05) is 11.3 Å². The number of hydrogen-bond acceptors (Lipinski definition) is 2. The predicted octanol–water partition coefficient (Wildman–Crippen LogP) is 1.48. The highest BCUT2D eigenvalue weighted by Gasteiger charge is 2.30. The molecule has 0 amide bonds. The maximum Gasteiger partial charge on any atom is 0.356 e. The summed E-state index contributed by atoms with van der Waals surface area (Å²) in [6.45, 7) is 4.34. The molecule has 76 valence electrons. The summed E-state index contributed by atoms with van der Waals surface area (Å²) in [4.78, 5) is 10.8. The first-order valence-electron chi connectivity index (χ1n) is 4.89. The highest BCUT2D eigenvalue weighted by molar-refractivity contribution is 5.87. The Labute approximate surface area is 82.3 Å². The smallest absolute Gasteiger partial charge is 0.356 e. The Morgan fingerprint density at radius 2 is 2.29 bits per heavy atom. The van der Waals surface area contributed by atoms with Crippen molar-refractivity contribution in [2.45, 2.75) is 26.7 Å². The van der Waals surface area contributed by atoms with Gasteiger partial charge in [-0.1, -0.05) is 13.8 Å². The average Bonchev–Trinajstić information content (AvgIpc) is 2.58. The second-order valence-electron chi connectivity index (χ2n) is 4.25. The molecule has 1 unspecified atom stereocenters. The summed E-state index contributed by atoms with van der Waals surface area (Å²) in [7, 11) is 0. The summed E-state index contributed by atoms with van der Waals surface area (Å²) in [5, 5.41) is 15.5. The third-order valence-electron chi connectivity index (χ3n) is 3.03. The monoisotopic (exact) mass is 194 g/mol. The maximum absolute atomic E-state index is 10.8. The van der Waals surface area contributed by atoms with Gasteiger partial charge in [0.2, 0.25) is 0 Å². The number of nitrogens with zero attached hydrogens (tertiary/aromatic N) is 1. The van der Waals surface area contributed by atoms with Crippen LogP contribution in [0.25, 0.3) is 0 Å². The summed E-state index contributed by atoms with van der Waals surface area (Å²) < 4.78 is 0. The topological polar surface area (TPSA) is 66.0 Å². The Hall–Kier alpha value is -1.32. The van der Waals surface area contributed by atoms with Gasteiger partial charge in [0.1, 0.15) is 0 Å². The number of carboxylic acids is 1. The first kappa shape index (κ1) is 9.24. The number of carbonyl (C=O) groups is 1. The lowest BCUT2D eigenvalue weighted by Crippen LogP contribution is -2.10. The van der Waals surface area contributed by atoms with Crippen LogP contribution in [0.5, 0.6) is 0 Å². The highest BCUT2D eigenvalue weighted by Crippen LogP contribution is 2.31. The van der Waals surface area contributed by atoms with E-state index in [2.05, 4.69) is 24.0 Å². The number of aromatic nitrogens is 2. The standard InChI is InChI=1S/C10H14N2O2/c1-5(2)6-3-7-8(4-6)11-12-9(7)10(13)14/h5-6H,3-4H2,1-2H3,(H,11,12)(H,13,14). The van der Waals surface area contributed by atoms with Crippen LogP contribution in [0.3, 0.4) is 0 Å². The molecule has 0 saturated carbocycles. The van der Waals surface area contributed by atoms with E-state index in [1.165, 1.54) is 0 Å². The number of fused-ring (bicyclic) bond motifs is 1. The van der Waals surface area contributed by atoms with Gasteiger partial charge >= 0.3 is 5.97 Å². The van der Waals surface area contributed by atoms with E-state index in [9.17, 15) is 4.79 Å². The van der Waals surface area contributed by atoms with E-state index < -0.39 is 5.97 Å². The third-order valence-corrected chi connectivity index (χ3v) is 3.03. The highest BCUT2D eigenvalue weighted by atomic mass is 16.4. The fourth-order valence-electron chi connectivity index (χ4n) is 2.03. The summed E-state index contributed by atoms with van der Waals surface area (Å²) in [6.07, 6.45) is 1.79. The van der Waals surface area contributed by atoms with Gasteiger partial charge in [-0.3, -0.25) is 5.10 Å². The van der Waals surface area contributed by atoms with E-state index in [1.807, 2.05) is 0 Å². The molecule has 2 N–H and O–H groups in total. The molecule has 1 heterocycles. The van der Waals surface area contributed by atoms with Gasteiger partial charge in [-0.2, -0.15) is 5.10 Å². The fourth-order valence-corrected chi connectivity index (χ4v) is 2.03. The van der Waals surface area contributed by atoms with Crippen molar-refractivity contribution in [2.24, 2.45) is 11.8 Å². The van der Waals surface area contributed by atoms with Gasteiger partial charge in [-0.25, -0.2) is 4.79 Å². The fraction of sp³-hybridized carbons (Fsp3) is 0.600.